The molecule has 110 valence electrons. The second-order valence-corrected chi connectivity index (χ2v) is 10.3. The predicted molar refractivity (Wildman–Crippen MR) is 90.3 cm³/mol. The SMILES string of the molecule is CCCCCCCCCCCC[SiH](O[SiH3])O[SiH2]C. The highest BCUT2D eigenvalue weighted by molar-refractivity contribution is 6.55. The minimum Gasteiger partial charge on any atom is -0.447 e. The van der Waals surface area contributed by atoms with Crippen molar-refractivity contribution in [2.45, 2.75) is 83.7 Å². The van der Waals surface area contributed by atoms with Gasteiger partial charge in [0.25, 0.3) is 9.28 Å². The first-order chi connectivity index (χ1) is 8.85. The van der Waals surface area contributed by atoms with Crippen LogP contribution in [0.15, 0.2) is 0 Å². The van der Waals surface area contributed by atoms with Crippen LogP contribution in [0.2, 0.25) is 12.6 Å². The predicted octanol–water partition coefficient (Wildman–Crippen LogP) is 2.57. The first kappa shape index (κ1) is 18.6. The maximum atomic E-state index is 5.76. The highest BCUT2D eigenvalue weighted by Crippen LogP contribution is 2.12. The summed E-state index contributed by atoms with van der Waals surface area (Å²) in [6.45, 7) is 4.49. The fourth-order valence-electron chi connectivity index (χ4n) is 2.25. The molecule has 0 radical (unpaired) electrons. The summed E-state index contributed by atoms with van der Waals surface area (Å²) in [6, 6.07) is 1.25. The summed E-state index contributed by atoms with van der Waals surface area (Å²) in [6.07, 6.45) is 14.1. The average Bonchev–Trinajstić information content (AvgIpc) is 2.39. The van der Waals surface area contributed by atoms with Gasteiger partial charge < -0.3 is 8.23 Å². The normalized spacial score (nSPS) is 13.7. The van der Waals surface area contributed by atoms with Crippen LogP contribution in [0.1, 0.15) is 71.1 Å². The van der Waals surface area contributed by atoms with Crippen molar-refractivity contribution in [2.24, 2.45) is 0 Å². The van der Waals surface area contributed by atoms with E-state index in [4.69, 9.17) is 8.23 Å². The quantitative estimate of drug-likeness (QED) is 0.363. The van der Waals surface area contributed by atoms with Crippen LogP contribution in [0.3, 0.4) is 0 Å². The van der Waals surface area contributed by atoms with Crippen LogP contribution in [0.25, 0.3) is 0 Å². The van der Waals surface area contributed by atoms with Crippen molar-refractivity contribution in [3.63, 3.8) is 0 Å². The number of hydrogen-bond acceptors (Lipinski definition) is 2. The van der Waals surface area contributed by atoms with E-state index < -0.39 is 9.28 Å². The number of hydrogen-bond donors (Lipinski definition) is 0. The molecule has 0 saturated carbocycles. The highest BCUT2D eigenvalue weighted by atomic mass is 28.4. The molecule has 0 rings (SSSR count). The Kier molecular flexibility index (Phi) is 16.1. The molecule has 0 aromatic rings. The minimum absolute atomic E-state index is 0.244. The van der Waals surface area contributed by atoms with Crippen LogP contribution < -0.4 is 0 Å². The molecule has 0 spiro atoms. The second-order valence-electron chi connectivity index (χ2n) is 5.09. The van der Waals surface area contributed by atoms with Crippen molar-refractivity contribution in [3.05, 3.63) is 0 Å². The largest absolute Gasteiger partial charge is 0.447 e. The van der Waals surface area contributed by atoms with Gasteiger partial charge >= 0.3 is 0 Å². The lowest BCUT2D eigenvalue weighted by atomic mass is 10.1. The Hall–Kier alpha value is 0.571. The lowest BCUT2D eigenvalue weighted by molar-refractivity contribution is 0.454. The van der Waals surface area contributed by atoms with Gasteiger partial charge in [-0.1, -0.05) is 77.7 Å². The Bertz CT molecular complexity index is 159. The van der Waals surface area contributed by atoms with Crippen molar-refractivity contribution in [2.75, 3.05) is 0 Å². The molecule has 0 fully saturated rings. The molecule has 0 aromatic heterocycles. The summed E-state index contributed by atoms with van der Waals surface area (Å²) in [4.78, 5) is 0. The van der Waals surface area contributed by atoms with Crippen molar-refractivity contribution in [3.8, 4) is 0 Å². The van der Waals surface area contributed by atoms with Gasteiger partial charge in [-0.05, 0) is 6.04 Å². The summed E-state index contributed by atoms with van der Waals surface area (Å²) in [5, 5.41) is 0. The Morgan fingerprint density at radius 1 is 0.889 bits per heavy atom. The molecular formula is C13H34O2Si3. The summed E-state index contributed by atoms with van der Waals surface area (Å²) < 4.78 is 11.3. The van der Waals surface area contributed by atoms with Crippen LogP contribution in [0, 0.1) is 0 Å². The van der Waals surface area contributed by atoms with Crippen LogP contribution in [0.4, 0.5) is 0 Å². The van der Waals surface area contributed by atoms with Crippen molar-refractivity contribution >= 4 is 29.5 Å². The molecule has 0 N–H and O–H groups in total. The third-order valence-corrected chi connectivity index (χ3v) is 9.21. The van der Waals surface area contributed by atoms with E-state index in [0.29, 0.717) is 0 Å². The molecule has 0 aliphatic heterocycles. The monoisotopic (exact) mass is 306 g/mol. The molecule has 0 heterocycles. The van der Waals surface area contributed by atoms with E-state index in [1.165, 1.54) is 70.3 Å². The van der Waals surface area contributed by atoms with E-state index in [9.17, 15) is 0 Å². The molecule has 1 unspecified atom stereocenters. The van der Waals surface area contributed by atoms with E-state index in [1.54, 1.807) is 0 Å². The zero-order chi connectivity index (χ0) is 13.5. The van der Waals surface area contributed by atoms with E-state index in [2.05, 4.69) is 13.5 Å². The Morgan fingerprint density at radius 2 is 1.39 bits per heavy atom. The lowest BCUT2D eigenvalue weighted by Gasteiger charge is -2.13. The van der Waals surface area contributed by atoms with E-state index in [1.807, 2.05) is 0 Å². The molecule has 18 heavy (non-hydrogen) atoms. The van der Waals surface area contributed by atoms with Crippen LogP contribution in [-0.2, 0) is 8.23 Å². The maximum absolute atomic E-state index is 5.76. The second kappa shape index (κ2) is 15.6. The summed E-state index contributed by atoms with van der Waals surface area (Å²) >= 11 is 0. The van der Waals surface area contributed by atoms with E-state index in [0.717, 1.165) is 10.5 Å². The Morgan fingerprint density at radius 3 is 1.83 bits per heavy atom. The van der Waals surface area contributed by atoms with Crippen molar-refractivity contribution in [1.82, 2.24) is 0 Å². The molecule has 0 saturated heterocycles. The molecule has 0 aromatic carbocycles. The zero-order valence-corrected chi connectivity index (χ0v) is 17.4. The topological polar surface area (TPSA) is 18.5 Å². The number of unbranched alkanes of at least 4 members (excludes halogenated alkanes) is 9. The van der Waals surface area contributed by atoms with Gasteiger partial charge in [0, 0.05) is 0 Å². The minimum atomic E-state index is -1.17. The molecule has 0 aliphatic carbocycles. The van der Waals surface area contributed by atoms with Gasteiger partial charge in [0.1, 0.15) is 20.2 Å². The van der Waals surface area contributed by atoms with Gasteiger partial charge in [0.15, 0.2) is 0 Å². The molecule has 1 atom stereocenters. The smallest absolute Gasteiger partial charge is 0.299 e. The Labute approximate surface area is 122 Å². The standard InChI is InChI=1S/C13H34O2Si3/c1-3-4-5-6-7-8-9-10-11-12-13-18(14-16)15-17-2/h18H,3-13,17H2,1-2,16H3. The molecule has 0 aliphatic rings. The summed E-state index contributed by atoms with van der Waals surface area (Å²) in [7, 11) is -0.545. The third kappa shape index (κ3) is 13.0. The molecule has 2 nitrogen and oxygen atoms in total. The first-order valence-corrected chi connectivity index (χ1v) is 12.6. The fraction of sp³-hybridized carbons (Fsp3) is 1.00. The van der Waals surface area contributed by atoms with Crippen molar-refractivity contribution < 1.29 is 8.23 Å². The van der Waals surface area contributed by atoms with Gasteiger partial charge in [0.2, 0.25) is 0 Å². The maximum Gasteiger partial charge on any atom is 0.299 e. The fourth-order valence-corrected chi connectivity index (χ4v) is 7.74. The van der Waals surface area contributed by atoms with E-state index in [-0.39, 0.29) is 9.76 Å². The lowest BCUT2D eigenvalue weighted by Crippen LogP contribution is -2.22. The molecule has 0 bridgehead atoms. The van der Waals surface area contributed by atoms with Crippen LogP contribution >= 0.6 is 0 Å². The summed E-state index contributed by atoms with van der Waals surface area (Å²) in [5.41, 5.74) is 0. The molecular weight excluding hydrogens is 272 g/mol. The van der Waals surface area contributed by atoms with Gasteiger partial charge in [-0.2, -0.15) is 0 Å². The molecule has 5 heteroatoms. The Balaban J connectivity index is 3.10. The highest BCUT2D eigenvalue weighted by Gasteiger charge is 2.08. The van der Waals surface area contributed by atoms with Crippen LogP contribution in [0.5, 0.6) is 0 Å². The number of rotatable bonds is 14. The van der Waals surface area contributed by atoms with E-state index >= 15 is 0 Å². The first-order valence-electron chi connectivity index (χ1n) is 7.99. The van der Waals surface area contributed by atoms with Gasteiger partial charge in [-0.3, -0.25) is 0 Å². The third-order valence-electron chi connectivity index (χ3n) is 3.41. The summed E-state index contributed by atoms with van der Waals surface area (Å²) in [5.74, 6) is 0. The van der Waals surface area contributed by atoms with Crippen LogP contribution in [-0.4, -0.2) is 29.5 Å². The van der Waals surface area contributed by atoms with Gasteiger partial charge in [-0.15, -0.1) is 0 Å². The van der Waals surface area contributed by atoms with Gasteiger partial charge in [-0.25, -0.2) is 0 Å². The van der Waals surface area contributed by atoms with Gasteiger partial charge in [0.05, 0.1) is 0 Å². The average molecular weight is 307 g/mol. The molecule has 0 amide bonds. The van der Waals surface area contributed by atoms with Crippen molar-refractivity contribution in [1.29, 1.82) is 0 Å². The zero-order valence-electron chi connectivity index (χ0n) is 12.9.